The maximum Gasteiger partial charge on any atom is 1.00 e. The van der Waals surface area contributed by atoms with Gasteiger partial charge in [0, 0.05) is 11.1 Å². The van der Waals surface area contributed by atoms with Crippen LogP contribution < -0.4 is 10.8 Å². The van der Waals surface area contributed by atoms with Gasteiger partial charge in [0.15, 0.2) is 0 Å². The van der Waals surface area contributed by atoms with E-state index in [9.17, 15) is 14.7 Å². The molecule has 0 aromatic heterocycles. The molecule has 27 heavy (non-hydrogen) atoms. The molecule has 0 unspecified atom stereocenters. The third-order valence-electron chi connectivity index (χ3n) is 4.06. The molecule has 0 radical (unpaired) electrons. The van der Waals surface area contributed by atoms with Crippen LogP contribution in [0.25, 0.3) is 21.5 Å². The number of amides is 1. The van der Waals surface area contributed by atoms with E-state index in [2.05, 4.69) is 0 Å². The molecule has 0 aliphatic heterocycles. The summed E-state index contributed by atoms with van der Waals surface area (Å²) in [7, 11) is 0. The van der Waals surface area contributed by atoms with Crippen LogP contribution in [0.15, 0.2) is 84.9 Å². The van der Waals surface area contributed by atoms with Crippen LogP contribution in [0.2, 0.25) is 0 Å². The van der Waals surface area contributed by atoms with Gasteiger partial charge in [-0.1, -0.05) is 78.9 Å². The fourth-order valence-corrected chi connectivity index (χ4v) is 2.84. The van der Waals surface area contributed by atoms with Gasteiger partial charge in [0.2, 0.25) is 5.91 Å². The number of benzene rings is 4. The molecular weight excluding hydrogens is 434 g/mol. The van der Waals surface area contributed by atoms with E-state index in [1.807, 2.05) is 60.7 Å². The molecule has 0 saturated heterocycles. The molecule has 0 aliphatic rings. The molecule has 4 rings (SSSR count). The van der Waals surface area contributed by atoms with Crippen molar-refractivity contribution in [2.75, 3.05) is 0 Å². The van der Waals surface area contributed by atoms with Gasteiger partial charge >= 0.3 is 22.4 Å². The van der Waals surface area contributed by atoms with E-state index in [0.717, 1.165) is 21.5 Å². The number of aromatic carboxylic acids is 1. The van der Waals surface area contributed by atoms with Crippen LogP contribution in [0, 0.1) is 0 Å². The maximum atomic E-state index is 11.0. The second-order valence-corrected chi connectivity index (χ2v) is 5.71. The summed E-state index contributed by atoms with van der Waals surface area (Å²) >= 11 is 0. The third-order valence-corrected chi connectivity index (χ3v) is 4.06. The Labute approximate surface area is 172 Å². The number of hydrogen-bond donors (Lipinski definition) is 1. The third kappa shape index (κ3) is 4.63. The maximum absolute atomic E-state index is 11.0. The summed E-state index contributed by atoms with van der Waals surface area (Å²) in [5.41, 5.74) is 6.07. The van der Waals surface area contributed by atoms with E-state index in [4.69, 9.17) is 5.73 Å². The zero-order chi connectivity index (χ0) is 18.5. The Morgan fingerprint density at radius 1 is 0.630 bits per heavy atom. The second kappa shape index (κ2) is 9.14. The SMILES string of the molecule is NC(=O)c1cccc2ccccc12.O=C([O-])c1cccc2ccccc12.[Ag+]. The number of carboxylic acids is 1. The van der Waals surface area contributed by atoms with Crippen molar-refractivity contribution < 1.29 is 37.1 Å². The van der Waals surface area contributed by atoms with Crippen LogP contribution in [0.4, 0.5) is 0 Å². The van der Waals surface area contributed by atoms with Crippen molar-refractivity contribution in [3.05, 3.63) is 96.1 Å². The fraction of sp³-hybridized carbons (Fsp3) is 0. The molecule has 4 aromatic carbocycles. The van der Waals surface area contributed by atoms with Gasteiger partial charge in [-0.2, -0.15) is 0 Å². The molecule has 1 amide bonds. The molecule has 0 bridgehead atoms. The zero-order valence-electron chi connectivity index (χ0n) is 14.2. The monoisotopic (exact) mass is 449 g/mol. The van der Waals surface area contributed by atoms with Crippen LogP contribution >= 0.6 is 0 Å². The minimum Gasteiger partial charge on any atom is -0.545 e. The van der Waals surface area contributed by atoms with Crippen LogP contribution in [0.3, 0.4) is 0 Å². The number of fused-ring (bicyclic) bond motifs is 2. The van der Waals surface area contributed by atoms with Gasteiger partial charge in [0.05, 0.1) is 5.97 Å². The topological polar surface area (TPSA) is 83.2 Å². The smallest absolute Gasteiger partial charge is 0.545 e. The van der Waals surface area contributed by atoms with Gasteiger partial charge in [0.1, 0.15) is 0 Å². The van der Waals surface area contributed by atoms with Crippen molar-refractivity contribution in [3.8, 4) is 0 Å². The normalized spacial score (nSPS) is 9.78. The standard InChI is InChI=1S/C11H9NO.C11H8O2.Ag/c2*12-11(13)10-7-3-5-8-4-1-2-6-9(8)10;/h1-7H,(H2,12,13);1-7H,(H,12,13);/q;;+1/p-1. The first kappa shape index (κ1) is 20.4. The fourth-order valence-electron chi connectivity index (χ4n) is 2.84. The number of primary amides is 1. The van der Waals surface area contributed by atoms with Gasteiger partial charge in [-0.25, -0.2) is 0 Å². The number of carboxylic acid groups (broad SMARTS) is 1. The van der Waals surface area contributed by atoms with E-state index < -0.39 is 5.97 Å². The van der Waals surface area contributed by atoms with Gasteiger partial charge in [-0.05, 0) is 27.6 Å². The van der Waals surface area contributed by atoms with E-state index in [1.165, 1.54) is 0 Å². The number of rotatable bonds is 2. The molecule has 2 N–H and O–H groups in total. The first-order valence-corrected chi connectivity index (χ1v) is 8.04. The largest absolute Gasteiger partial charge is 1.00 e. The average Bonchev–Trinajstić information content (AvgIpc) is 2.67. The molecule has 0 fully saturated rings. The minimum atomic E-state index is -1.13. The number of carbonyl (C=O) groups excluding carboxylic acids is 2. The molecule has 0 saturated carbocycles. The molecule has 138 valence electrons. The van der Waals surface area contributed by atoms with Crippen molar-refractivity contribution >= 4 is 33.4 Å². The zero-order valence-corrected chi connectivity index (χ0v) is 15.7. The van der Waals surface area contributed by atoms with Crippen molar-refractivity contribution in [1.29, 1.82) is 0 Å². The Bertz CT molecular complexity index is 1010. The quantitative estimate of drug-likeness (QED) is 0.477. The van der Waals surface area contributed by atoms with Crippen molar-refractivity contribution in [2.24, 2.45) is 5.73 Å². The molecule has 0 spiro atoms. The Morgan fingerprint density at radius 3 is 1.52 bits per heavy atom. The molecule has 0 heterocycles. The predicted octanol–water partition coefficient (Wildman–Crippen LogP) is 3.14. The Morgan fingerprint density at radius 2 is 1.04 bits per heavy atom. The van der Waals surface area contributed by atoms with Crippen molar-refractivity contribution in [2.45, 2.75) is 0 Å². The molecule has 5 heteroatoms. The predicted molar refractivity (Wildman–Crippen MR) is 101 cm³/mol. The Balaban J connectivity index is 0.000000187. The summed E-state index contributed by atoms with van der Waals surface area (Å²) < 4.78 is 0. The molecule has 4 nitrogen and oxygen atoms in total. The van der Waals surface area contributed by atoms with Crippen molar-refractivity contribution in [1.82, 2.24) is 0 Å². The van der Waals surface area contributed by atoms with Crippen LogP contribution in [0.5, 0.6) is 0 Å². The minimum absolute atomic E-state index is 0. The molecular formula is C22H16AgNO3. The number of hydrogen-bond acceptors (Lipinski definition) is 3. The van der Waals surface area contributed by atoms with Crippen LogP contribution in [-0.4, -0.2) is 11.9 Å². The molecule has 0 atom stereocenters. The molecule has 0 aliphatic carbocycles. The van der Waals surface area contributed by atoms with E-state index >= 15 is 0 Å². The summed E-state index contributed by atoms with van der Waals surface area (Å²) in [5, 5.41) is 14.3. The number of nitrogens with two attached hydrogens (primary N) is 1. The van der Waals surface area contributed by atoms with E-state index in [1.54, 1.807) is 24.3 Å². The Kier molecular flexibility index (Phi) is 6.91. The first-order valence-electron chi connectivity index (χ1n) is 8.04. The summed E-state index contributed by atoms with van der Waals surface area (Å²) in [6.45, 7) is 0. The van der Waals surface area contributed by atoms with E-state index in [0.29, 0.717) is 5.56 Å². The van der Waals surface area contributed by atoms with Crippen LogP contribution in [0.1, 0.15) is 20.7 Å². The first-order chi connectivity index (χ1) is 12.6. The van der Waals surface area contributed by atoms with Gasteiger partial charge in [0.25, 0.3) is 0 Å². The summed E-state index contributed by atoms with van der Waals surface area (Å²) in [6.07, 6.45) is 0. The summed E-state index contributed by atoms with van der Waals surface area (Å²) in [4.78, 5) is 21.7. The van der Waals surface area contributed by atoms with Gasteiger partial charge in [-0.15, -0.1) is 0 Å². The van der Waals surface area contributed by atoms with Gasteiger partial charge in [-0.3, -0.25) is 4.79 Å². The summed E-state index contributed by atoms with van der Waals surface area (Å²) in [6, 6.07) is 25.7. The van der Waals surface area contributed by atoms with E-state index in [-0.39, 0.29) is 33.9 Å². The molecule has 4 aromatic rings. The van der Waals surface area contributed by atoms with Crippen molar-refractivity contribution in [3.63, 3.8) is 0 Å². The summed E-state index contributed by atoms with van der Waals surface area (Å²) in [5.74, 6) is -1.51. The second-order valence-electron chi connectivity index (χ2n) is 5.71. The number of carbonyl (C=O) groups is 2. The van der Waals surface area contributed by atoms with Gasteiger partial charge < -0.3 is 15.6 Å². The van der Waals surface area contributed by atoms with Crippen LogP contribution in [-0.2, 0) is 22.4 Å². The average molecular weight is 450 g/mol. The Hall–Kier alpha value is -2.92.